The van der Waals surface area contributed by atoms with Gasteiger partial charge in [-0.2, -0.15) is 5.26 Å². The lowest BCUT2D eigenvalue weighted by molar-refractivity contribution is -0.890. The van der Waals surface area contributed by atoms with Gasteiger partial charge in [0, 0.05) is 22.3 Å². The van der Waals surface area contributed by atoms with Gasteiger partial charge in [-0.15, -0.1) is 0 Å². The second-order valence-corrected chi connectivity index (χ2v) is 7.45. The Balaban J connectivity index is 1.92. The predicted molar refractivity (Wildman–Crippen MR) is 110 cm³/mol. The number of ether oxygens (including phenoxy) is 1. The number of benzene rings is 2. The standard InChI is InChI=1S/C24H21F2N3O/c1-2-29-13-16(11-15-7-3-5-9-20(15)25)23-19(14-29)22(18(12-27)24(28)30-23)17-8-4-6-10-21(17)26/h3-11,22H,2,13-14,28H2,1H3/p+1/t22-/m0/s1. The highest BCUT2D eigenvalue weighted by molar-refractivity contribution is 5.62. The second-order valence-electron chi connectivity index (χ2n) is 7.45. The molecule has 2 heterocycles. The Bertz CT molecular complexity index is 1130. The number of nitrogens with zero attached hydrogens (tertiary/aromatic N) is 1. The molecule has 0 spiro atoms. The highest BCUT2D eigenvalue weighted by atomic mass is 19.1. The summed E-state index contributed by atoms with van der Waals surface area (Å²) in [6.45, 7) is 4.07. The average Bonchev–Trinajstić information content (AvgIpc) is 2.75. The Hall–Kier alpha value is -3.43. The first kappa shape index (κ1) is 19.9. The van der Waals surface area contributed by atoms with Gasteiger partial charge in [0.25, 0.3) is 0 Å². The van der Waals surface area contributed by atoms with E-state index in [1.807, 2.05) is 0 Å². The van der Waals surface area contributed by atoms with Crippen LogP contribution in [-0.4, -0.2) is 19.6 Å². The van der Waals surface area contributed by atoms with Crippen molar-refractivity contribution in [1.29, 1.82) is 5.26 Å². The molecule has 2 aliphatic rings. The van der Waals surface area contributed by atoms with Crippen LogP contribution >= 0.6 is 0 Å². The van der Waals surface area contributed by atoms with Crippen molar-refractivity contribution in [3.05, 3.63) is 99.7 Å². The molecule has 0 fully saturated rings. The fraction of sp³-hybridized carbons (Fsp3) is 0.208. The lowest BCUT2D eigenvalue weighted by Crippen LogP contribution is -3.12. The van der Waals surface area contributed by atoms with Gasteiger partial charge in [-0.1, -0.05) is 36.4 Å². The van der Waals surface area contributed by atoms with Gasteiger partial charge in [0.15, 0.2) is 0 Å². The van der Waals surface area contributed by atoms with Crippen molar-refractivity contribution < 1.29 is 18.4 Å². The minimum absolute atomic E-state index is 0.0381. The molecule has 0 saturated heterocycles. The maximum absolute atomic E-state index is 14.7. The Morgan fingerprint density at radius 1 is 1.13 bits per heavy atom. The van der Waals surface area contributed by atoms with Crippen LogP contribution in [0.25, 0.3) is 6.08 Å². The summed E-state index contributed by atoms with van der Waals surface area (Å²) in [7, 11) is 0. The van der Waals surface area contributed by atoms with E-state index in [2.05, 4.69) is 13.0 Å². The van der Waals surface area contributed by atoms with Crippen molar-refractivity contribution in [3.63, 3.8) is 0 Å². The van der Waals surface area contributed by atoms with E-state index in [0.29, 0.717) is 30.0 Å². The number of likely N-dealkylation sites (N-methyl/N-ethyl adjacent to an activating group) is 1. The Kier molecular flexibility index (Phi) is 5.39. The van der Waals surface area contributed by atoms with E-state index in [9.17, 15) is 14.0 Å². The van der Waals surface area contributed by atoms with E-state index in [-0.39, 0.29) is 17.3 Å². The summed E-state index contributed by atoms with van der Waals surface area (Å²) in [6, 6.07) is 15.0. The van der Waals surface area contributed by atoms with Gasteiger partial charge in [-0.05, 0) is 25.1 Å². The number of nitrogens with two attached hydrogens (primary N) is 1. The zero-order valence-corrected chi connectivity index (χ0v) is 16.6. The van der Waals surface area contributed by atoms with Crippen molar-refractivity contribution >= 4 is 6.08 Å². The molecule has 30 heavy (non-hydrogen) atoms. The van der Waals surface area contributed by atoms with Gasteiger partial charge in [0.2, 0.25) is 5.88 Å². The molecule has 0 saturated carbocycles. The van der Waals surface area contributed by atoms with E-state index < -0.39 is 11.7 Å². The van der Waals surface area contributed by atoms with E-state index in [1.165, 1.54) is 17.0 Å². The molecule has 3 N–H and O–H groups in total. The van der Waals surface area contributed by atoms with Crippen molar-refractivity contribution in [2.24, 2.45) is 5.73 Å². The number of nitriles is 1. The number of allylic oxidation sites excluding steroid dienone is 1. The number of rotatable bonds is 3. The van der Waals surface area contributed by atoms with Gasteiger partial charge in [-0.3, -0.25) is 0 Å². The van der Waals surface area contributed by atoms with Crippen LogP contribution in [0.1, 0.15) is 24.0 Å². The van der Waals surface area contributed by atoms with Crippen LogP contribution in [0.2, 0.25) is 0 Å². The zero-order chi connectivity index (χ0) is 21.3. The van der Waals surface area contributed by atoms with Crippen molar-refractivity contribution in [1.82, 2.24) is 0 Å². The molecular formula is C24H22F2N3O+. The van der Waals surface area contributed by atoms with Crippen LogP contribution in [0.5, 0.6) is 0 Å². The molecule has 2 aromatic rings. The van der Waals surface area contributed by atoms with E-state index >= 15 is 0 Å². The summed E-state index contributed by atoms with van der Waals surface area (Å²) in [6.07, 6.45) is 1.75. The Morgan fingerprint density at radius 2 is 1.83 bits per heavy atom. The topological polar surface area (TPSA) is 63.5 Å². The molecule has 0 aliphatic carbocycles. The molecule has 2 aromatic carbocycles. The number of nitrogens with one attached hydrogen (secondary N) is 1. The van der Waals surface area contributed by atoms with Gasteiger partial charge < -0.3 is 15.4 Å². The first-order chi connectivity index (χ1) is 14.5. The van der Waals surface area contributed by atoms with Crippen molar-refractivity contribution in [2.75, 3.05) is 19.6 Å². The van der Waals surface area contributed by atoms with E-state index in [1.54, 1.807) is 42.5 Å². The maximum Gasteiger partial charge on any atom is 0.205 e. The maximum atomic E-state index is 14.7. The molecule has 0 bridgehead atoms. The number of hydrogen-bond acceptors (Lipinski definition) is 3. The van der Waals surface area contributed by atoms with E-state index in [4.69, 9.17) is 10.5 Å². The largest absolute Gasteiger partial charge is 0.440 e. The van der Waals surface area contributed by atoms with Crippen LogP contribution in [0.3, 0.4) is 0 Å². The molecule has 4 rings (SSSR count). The molecule has 6 heteroatoms. The van der Waals surface area contributed by atoms with Crippen LogP contribution in [-0.2, 0) is 4.74 Å². The molecule has 0 radical (unpaired) electrons. The summed E-state index contributed by atoms with van der Waals surface area (Å²) >= 11 is 0. The van der Waals surface area contributed by atoms with Gasteiger partial charge in [0.05, 0.1) is 12.5 Å². The predicted octanol–water partition coefficient (Wildman–Crippen LogP) is 3.03. The quantitative estimate of drug-likeness (QED) is 0.824. The normalized spacial score (nSPS) is 22.5. The van der Waals surface area contributed by atoms with E-state index in [0.717, 1.165) is 17.7 Å². The summed E-state index contributed by atoms with van der Waals surface area (Å²) in [5, 5.41) is 9.75. The molecule has 2 atom stereocenters. The third-order valence-corrected chi connectivity index (χ3v) is 5.65. The minimum atomic E-state index is -0.633. The highest BCUT2D eigenvalue weighted by Gasteiger charge is 2.40. The molecular weight excluding hydrogens is 384 g/mol. The molecule has 4 nitrogen and oxygen atoms in total. The van der Waals surface area contributed by atoms with Crippen molar-refractivity contribution in [3.8, 4) is 6.07 Å². The van der Waals surface area contributed by atoms with Gasteiger partial charge >= 0.3 is 0 Å². The Morgan fingerprint density at radius 3 is 2.50 bits per heavy atom. The lowest BCUT2D eigenvalue weighted by atomic mass is 9.80. The van der Waals surface area contributed by atoms with Crippen molar-refractivity contribution in [2.45, 2.75) is 12.8 Å². The summed E-state index contributed by atoms with van der Waals surface area (Å²) in [5.41, 5.74) is 8.68. The summed E-state index contributed by atoms with van der Waals surface area (Å²) in [5.74, 6) is -0.895. The molecule has 0 aromatic heterocycles. The molecule has 0 amide bonds. The number of hydrogen-bond donors (Lipinski definition) is 2. The minimum Gasteiger partial charge on any atom is -0.440 e. The summed E-state index contributed by atoms with van der Waals surface area (Å²) in [4.78, 5) is 1.21. The zero-order valence-electron chi connectivity index (χ0n) is 16.6. The van der Waals surface area contributed by atoms with Gasteiger partial charge in [-0.25, -0.2) is 8.78 Å². The number of quaternary nitrogens is 1. The van der Waals surface area contributed by atoms with Crippen LogP contribution in [0.4, 0.5) is 8.78 Å². The summed E-state index contributed by atoms with van der Waals surface area (Å²) < 4.78 is 34.9. The molecule has 152 valence electrons. The molecule has 1 unspecified atom stereocenters. The van der Waals surface area contributed by atoms with Gasteiger partial charge in [0.1, 0.15) is 42.1 Å². The second kappa shape index (κ2) is 8.13. The van der Waals surface area contributed by atoms with Crippen LogP contribution < -0.4 is 10.6 Å². The molecule has 2 aliphatic heterocycles. The average molecular weight is 406 g/mol. The van der Waals surface area contributed by atoms with Crippen LogP contribution in [0.15, 0.2) is 76.9 Å². The lowest BCUT2D eigenvalue weighted by Gasteiger charge is -2.36. The Labute approximate surface area is 174 Å². The third-order valence-electron chi connectivity index (χ3n) is 5.65. The monoisotopic (exact) mass is 406 g/mol. The SMILES string of the molecule is CC[NH+]1CC(=Cc2ccccc2F)C2=C(C1)[C@@H](c1ccccc1F)C(C#N)=C(N)O2. The first-order valence-electron chi connectivity index (χ1n) is 9.87. The third kappa shape index (κ3) is 3.49. The fourth-order valence-corrected chi connectivity index (χ4v) is 4.13. The number of halogens is 2. The first-order valence-corrected chi connectivity index (χ1v) is 9.87. The fourth-order valence-electron chi connectivity index (χ4n) is 4.13. The highest BCUT2D eigenvalue weighted by Crippen LogP contribution is 2.42. The van der Waals surface area contributed by atoms with Crippen LogP contribution in [0, 0.1) is 23.0 Å². The smallest absolute Gasteiger partial charge is 0.205 e.